The number of hydrogen-bond donors (Lipinski definition) is 1. The molecule has 1 N–H and O–H groups in total. The highest BCUT2D eigenvalue weighted by molar-refractivity contribution is 6.32. The van der Waals surface area contributed by atoms with Crippen molar-refractivity contribution in [1.29, 1.82) is 0 Å². The number of carbonyl (C=O) groups excluding carboxylic acids is 1. The highest BCUT2D eigenvalue weighted by Gasteiger charge is 2.17. The van der Waals surface area contributed by atoms with E-state index in [0.29, 0.717) is 22.0 Å². The van der Waals surface area contributed by atoms with Gasteiger partial charge in [-0.3, -0.25) is 0 Å². The van der Waals surface area contributed by atoms with Gasteiger partial charge in [-0.2, -0.15) is 0 Å². The van der Waals surface area contributed by atoms with Crippen LogP contribution in [0.15, 0.2) is 23.4 Å². The molecule has 0 aliphatic heterocycles. The third-order valence-corrected chi connectivity index (χ3v) is 2.73. The van der Waals surface area contributed by atoms with E-state index < -0.39 is 5.97 Å². The molecule has 0 aliphatic carbocycles. The molecule has 19 heavy (non-hydrogen) atoms. The van der Waals surface area contributed by atoms with Crippen molar-refractivity contribution in [3.05, 3.63) is 34.4 Å². The molecule has 0 bridgehead atoms. The third-order valence-electron chi connectivity index (χ3n) is 2.40. The summed E-state index contributed by atoms with van der Waals surface area (Å²) < 4.78 is 9.88. The summed E-state index contributed by atoms with van der Waals surface area (Å²) >= 11 is 6.07. The molecule has 0 heterocycles. The molecular weight excluding hydrogens is 270 g/mol. The second kappa shape index (κ2) is 6.80. The van der Waals surface area contributed by atoms with E-state index in [1.807, 2.05) is 0 Å². The summed E-state index contributed by atoms with van der Waals surface area (Å²) in [4.78, 5) is 11.6. The predicted octanol–water partition coefficient (Wildman–Crippen LogP) is 3.00. The fourth-order valence-corrected chi connectivity index (χ4v) is 1.67. The summed E-state index contributed by atoms with van der Waals surface area (Å²) in [5, 5.41) is 12.0. The first-order chi connectivity index (χ1) is 9.04. The van der Waals surface area contributed by atoms with E-state index in [2.05, 4.69) is 9.89 Å². The van der Waals surface area contributed by atoms with Crippen molar-refractivity contribution in [2.75, 3.05) is 14.2 Å². The Hall–Kier alpha value is -2.01. The molecule has 0 unspecified atom stereocenters. The lowest BCUT2D eigenvalue weighted by Gasteiger charge is -2.11. The van der Waals surface area contributed by atoms with Crippen LogP contribution in [0.1, 0.15) is 22.8 Å². The number of halogens is 1. The van der Waals surface area contributed by atoms with Crippen molar-refractivity contribution < 1.29 is 19.5 Å². The van der Waals surface area contributed by atoms with Gasteiger partial charge >= 0.3 is 5.97 Å². The van der Waals surface area contributed by atoms with Crippen LogP contribution in [0, 0.1) is 0 Å². The number of benzene rings is 1. The number of oxime groups is 1. The Morgan fingerprint density at radius 3 is 2.63 bits per heavy atom. The van der Waals surface area contributed by atoms with Crippen LogP contribution in [0.5, 0.6) is 5.75 Å². The van der Waals surface area contributed by atoms with Crippen molar-refractivity contribution in [3.8, 4) is 5.75 Å². The van der Waals surface area contributed by atoms with Crippen molar-refractivity contribution >= 4 is 29.4 Å². The van der Waals surface area contributed by atoms with Crippen LogP contribution in [-0.4, -0.2) is 31.1 Å². The molecule has 1 rings (SSSR count). The van der Waals surface area contributed by atoms with Gasteiger partial charge in [0.05, 0.1) is 25.0 Å². The Bertz CT molecular complexity index is 538. The largest absolute Gasteiger partial charge is 0.495 e. The molecule has 5 nitrogen and oxygen atoms in total. The molecule has 0 amide bonds. The van der Waals surface area contributed by atoms with Gasteiger partial charge in [-0.1, -0.05) is 16.8 Å². The van der Waals surface area contributed by atoms with E-state index in [1.54, 1.807) is 25.1 Å². The lowest BCUT2D eigenvalue weighted by Crippen LogP contribution is -2.05. The number of methoxy groups -OCH3 is 2. The van der Waals surface area contributed by atoms with Crippen molar-refractivity contribution in [1.82, 2.24) is 0 Å². The number of allylic oxidation sites excluding steroid dienone is 1. The molecule has 0 atom stereocenters. The quantitative estimate of drug-likeness (QED) is 0.399. The molecule has 0 saturated heterocycles. The summed E-state index contributed by atoms with van der Waals surface area (Å²) in [6.45, 7) is 1.61. The van der Waals surface area contributed by atoms with Gasteiger partial charge in [0.15, 0.2) is 0 Å². The van der Waals surface area contributed by atoms with Crippen LogP contribution >= 0.6 is 11.6 Å². The fraction of sp³-hybridized carbons (Fsp3) is 0.231. The Morgan fingerprint density at radius 2 is 2.11 bits per heavy atom. The molecule has 0 fully saturated rings. The van der Waals surface area contributed by atoms with Gasteiger partial charge in [-0.25, -0.2) is 4.79 Å². The molecular formula is C13H14ClNO4. The molecule has 102 valence electrons. The molecule has 6 heteroatoms. The molecule has 0 spiro atoms. The van der Waals surface area contributed by atoms with Crippen LogP contribution in [-0.2, 0) is 4.74 Å². The second-order valence-electron chi connectivity index (χ2n) is 3.61. The highest BCUT2D eigenvalue weighted by atomic mass is 35.5. The van der Waals surface area contributed by atoms with E-state index in [1.165, 1.54) is 20.3 Å². The average Bonchev–Trinajstić information content (AvgIpc) is 2.44. The molecule has 1 aromatic rings. The Kier molecular flexibility index (Phi) is 5.38. The first kappa shape index (κ1) is 15.0. The first-order valence-electron chi connectivity index (χ1n) is 5.36. The van der Waals surface area contributed by atoms with Crippen LogP contribution in [0.25, 0.3) is 6.08 Å². The number of nitrogens with zero attached hydrogens (tertiary/aromatic N) is 1. The zero-order valence-electron chi connectivity index (χ0n) is 10.8. The van der Waals surface area contributed by atoms with Crippen LogP contribution in [0.4, 0.5) is 0 Å². The smallest absolute Gasteiger partial charge is 0.341 e. The molecule has 0 radical (unpaired) electrons. The van der Waals surface area contributed by atoms with Gasteiger partial charge in [0.1, 0.15) is 11.3 Å². The number of rotatable bonds is 4. The topological polar surface area (TPSA) is 68.1 Å². The van der Waals surface area contributed by atoms with Gasteiger partial charge in [-0.05, 0) is 31.2 Å². The lowest BCUT2D eigenvalue weighted by atomic mass is 10.1. The van der Waals surface area contributed by atoms with Crippen LogP contribution < -0.4 is 4.74 Å². The van der Waals surface area contributed by atoms with Crippen LogP contribution in [0.3, 0.4) is 0 Å². The first-order valence-corrected chi connectivity index (χ1v) is 5.74. The van der Waals surface area contributed by atoms with Crippen molar-refractivity contribution in [3.63, 3.8) is 0 Å². The molecule has 0 aromatic heterocycles. The summed E-state index contributed by atoms with van der Waals surface area (Å²) in [7, 11) is 2.72. The maximum absolute atomic E-state index is 11.6. The summed E-state index contributed by atoms with van der Waals surface area (Å²) in [6.07, 6.45) is 3.15. The second-order valence-corrected chi connectivity index (χ2v) is 4.02. The van der Waals surface area contributed by atoms with Crippen molar-refractivity contribution in [2.45, 2.75) is 6.92 Å². The monoisotopic (exact) mass is 283 g/mol. The normalized spacial score (nSPS) is 11.7. The van der Waals surface area contributed by atoms with Gasteiger partial charge in [0.2, 0.25) is 0 Å². The number of hydrogen-bond acceptors (Lipinski definition) is 5. The van der Waals surface area contributed by atoms with Gasteiger partial charge < -0.3 is 14.7 Å². The molecule has 0 saturated carbocycles. The van der Waals surface area contributed by atoms with Gasteiger partial charge in [-0.15, -0.1) is 0 Å². The summed E-state index contributed by atoms with van der Waals surface area (Å²) in [5.41, 5.74) is 1.17. The highest BCUT2D eigenvalue weighted by Crippen LogP contribution is 2.32. The Labute approximate surface area is 116 Å². The van der Waals surface area contributed by atoms with Gasteiger partial charge in [0, 0.05) is 5.56 Å². The SMILES string of the molecule is COC(=O)c1ccc(Cl)c(C=CC(C)=NO)c1OC. The lowest BCUT2D eigenvalue weighted by molar-refractivity contribution is 0.0597. The van der Waals surface area contributed by atoms with E-state index in [-0.39, 0.29) is 5.56 Å². The third kappa shape index (κ3) is 3.48. The number of ether oxygens (including phenoxy) is 2. The summed E-state index contributed by atoms with van der Waals surface area (Å²) in [6, 6.07) is 3.10. The molecule has 1 aromatic carbocycles. The van der Waals surface area contributed by atoms with E-state index >= 15 is 0 Å². The van der Waals surface area contributed by atoms with Crippen molar-refractivity contribution in [2.24, 2.45) is 5.16 Å². The minimum Gasteiger partial charge on any atom is -0.495 e. The van der Waals surface area contributed by atoms with E-state index in [0.717, 1.165) is 0 Å². The van der Waals surface area contributed by atoms with Gasteiger partial charge in [0.25, 0.3) is 0 Å². The summed E-state index contributed by atoms with van der Waals surface area (Å²) in [5.74, 6) is -0.211. The minimum atomic E-state index is -0.518. The standard InChI is InChI=1S/C13H14ClNO4/c1-8(15-17)4-5-9-11(14)7-6-10(12(9)18-2)13(16)19-3/h4-7,17H,1-3H3. The van der Waals surface area contributed by atoms with E-state index in [9.17, 15) is 4.79 Å². The zero-order valence-corrected chi connectivity index (χ0v) is 11.6. The maximum atomic E-state index is 11.6. The number of esters is 1. The molecule has 0 aliphatic rings. The van der Waals surface area contributed by atoms with Crippen LogP contribution in [0.2, 0.25) is 5.02 Å². The Balaban J connectivity index is 3.37. The average molecular weight is 284 g/mol. The van der Waals surface area contributed by atoms with E-state index in [4.69, 9.17) is 21.5 Å². The predicted molar refractivity (Wildman–Crippen MR) is 73.3 cm³/mol. The zero-order chi connectivity index (χ0) is 14.4. The fourth-order valence-electron chi connectivity index (χ4n) is 1.46. The maximum Gasteiger partial charge on any atom is 0.341 e. The Morgan fingerprint density at radius 1 is 1.42 bits per heavy atom. The number of carbonyl (C=O) groups is 1. The minimum absolute atomic E-state index is 0.271.